The zero-order valence-corrected chi connectivity index (χ0v) is 13.4. The van der Waals surface area contributed by atoms with Gasteiger partial charge in [0.05, 0.1) is 6.54 Å². The number of hydrogen-bond acceptors (Lipinski definition) is 2. The van der Waals surface area contributed by atoms with Crippen molar-refractivity contribution in [3.8, 4) is 0 Å². The smallest absolute Gasteiger partial charge is 0.262 e. The van der Waals surface area contributed by atoms with E-state index in [1.54, 1.807) is 6.07 Å². The van der Waals surface area contributed by atoms with E-state index in [1.807, 2.05) is 0 Å². The second-order valence-corrected chi connectivity index (χ2v) is 5.56. The molecule has 0 saturated heterocycles. The highest BCUT2D eigenvalue weighted by atomic mass is 35.5. The molecule has 4 nitrogen and oxygen atoms in total. The fraction of sp³-hybridized carbons (Fsp3) is 0.0588. The first kappa shape index (κ1) is 17.0. The van der Waals surface area contributed by atoms with Crippen molar-refractivity contribution in [2.75, 3.05) is 5.32 Å². The van der Waals surface area contributed by atoms with Gasteiger partial charge >= 0.3 is 0 Å². The van der Waals surface area contributed by atoms with Crippen LogP contribution in [0.1, 0.15) is 15.9 Å². The molecule has 0 bridgehead atoms. The van der Waals surface area contributed by atoms with Gasteiger partial charge in [0.25, 0.3) is 5.91 Å². The molecule has 1 amide bonds. The minimum absolute atomic E-state index is 0.0371. The Balaban J connectivity index is 1.77. The van der Waals surface area contributed by atoms with Crippen LogP contribution in [0.25, 0.3) is 0 Å². The summed E-state index contributed by atoms with van der Waals surface area (Å²) in [4.78, 5) is 12.0. The number of amides is 1. The van der Waals surface area contributed by atoms with Crippen LogP contribution in [0.4, 0.5) is 19.0 Å². The summed E-state index contributed by atoms with van der Waals surface area (Å²) in [5, 5.41) is 6.57. The third kappa shape index (κ3) is 3.66. The maximum atomic E-state index is 13.8. The van der Waals surface area contributed by atoms with Crippen molar-refractivity contribution >= 4 is 23.3 Å². The third-order valence-electron chi connectivity index (χ3n) is 3.45. The summed E-state index contributed by atoms with van der Waals surface area (Å²) in [6.07, 6.45) is 1.48. The van der Waals surface area contributed by atoms with Gasteiger partial charge in [0.2, 0.25) is 0 Å². The van der Waals surface area contributed by atoms with Crippen LogP contribution in [0.15, 0.2) is 48.7 Å². The summed E-state index contributed by atoms with van der Waals surface area (Å²) in [6.45, 7) is 0.0371. The molecule has 1 N–H and O–H groups in total. The molecule has 3 aromatic rings. The van der Waals surface area contributed by atoms with Crippen LogP contribution in [0.2, 0.25) is 5.02 Å². The largest absolute Gasteiger partial charge is 0.305 e. The van der Waals surface area contributed by atoms with Gasteiger partial charge in [-0.2, -0.15) is 5.10 Å². The second-order valence-electron chi connectivity index (χ2n) is 5.15. The molecule has 25 heavy (non-hydrogen) atoms. The van der Waals surface area contributed by atoms with Gasteiger partial charge in [0.1, 0.15) is 23.0 Å². The highest BCUT2D eigenvalue weighted by Crippen LogP contribution is 2.20. The SMILES string of the molecule is O=C(Nc1ccn(Cc2c(F)cccc2Cl)n1)c1c(F)cccc1F. The summed E-state index contributed by atoms with van der Waals surface area (Å²) in [5.41, 5.74) is -0.459. The van der Waals surface area contributed by atoms with Crippen molar-refractivity contribution in [1.82, 2.24) is 9.78 Å². The van der Waals surface area contributed by atoms with E-state index in [1.165, 1.54) is 29.1 Å². The molecule has 0 aliphatic rings. The number of benzene rings is 2. The molecule has 0 aliphatic heterocycles. The van der Waals surface area contributed by atoms with E-state index in [4.69, 9.17) is 11.6 Å². The molecule has 0 saturated carbocycles. The highest BCUT2D eigenvalue weighted by molar-refractivity contribution is 6.31. The van der Waals surface area contributed by atoms with E-state index < -0.39 is 28.9 Å². The van der Waals surface area contributed by atoms with Crippen molar-refractivity contribution in [3.63, 3.8) is 0 Å². The topological polar surface area (TPSA) is 46.9 Å². The molecule has 0 unspecified atom stereocenters. The van der Waals surface area contributed by atoms with Gasteiger partial charge in [0.15, 0.2) is 5.82 Å². The molecule has 1 aromatic heterocycles. The van der Waals surface area contributed by atoms with Gasteiger partial charge in [-0.15, -0.1) is 0 Å². The lowest BCUT2D eigenvalue weighted by atomic mass is 10.2. The molecule has 0 atom stereocenters. The fourth-order valence-corrected chi connectivity index (χ4v) is 2.48. The zero-order valence-electron chi connectivity index (χ0n) is 12.6. The molecular weight excluding hydrogens is 355 g/mol. The fourth-order valence-electron chi connectivity index (χ4n) is 2.26. The molecule has 0 radical (unpaired) electrons. The number of anilines is 1. The van der Waals surface area contributed by atoms with Crippen molar-refractivity contribution < 1.29 is 18.0 Å². The lowest BCUT2D eigenvalue weighted by Gasteiger charge is -2.06. The molecule has 0 aliphatic carbocycles. The van der Waals surface area contributed by atoms with Crippen LogP contribution in [0.5, 0.6) is 0 Å². The van der Waals surface area contributed by atoms with Gasteiger partial charge in [0, 0.05) is 22.8 Å². The summed E-state index contributed by atoms with van der Waals surface area (Å²) < 4.78 is 42.3. The average Bonchev–Trinajstić information content (AvgIpc) is 2.98. The Hall–Kier alpha value is -2.80. The number of aromatic nitrogens is 2. The molecule has 128 valence electrons. The summed E-state index contributed by atoms with van der Waals surface area (Å²) >= 11 is 5.95. The number of carbonyl (C=O) groups is 1. The summed E-state index contributed by atoms with van der Waals surface area (Å²) in [7, 11) is 0. The lowest BCUT2D eigenvalue weighted by molar-refractivity contribution is 0.101. The Bertz CT molecular complexity index is 902. The molecule has 0 spiro atoms. The maximum absolute atomic E-state index is 13.8. The van der Waals surface area contributed by atoms with Crippen LogP contribution in [-0.2, 0) is 6.54 Å². The van der Waals surface area contributed by atoms with E-state index in [9.17, 15) is 18.0 Å². The second kappa shape index (κ2) is 6.98. The Labute approximate surface area is 145 Å². The quantitative estimate of drug-likeness (QED) is 0.751. The summed E-state index contributed by atoms with van der Waals surface area (Å²) in [6, 6.07) is 8.85. The number of nitrogens with one attached hydrogen (secondary N) is 1. The molecule has 2 aromatic carbocycles. The molecule has 8 heteroatoms. The summed E-state index contributed by atoms with van der Waals surface area (Å²) in [5.74, 6) is -3.34. The minimum Gasteiger partial charge on any atom is -0.305 e. The Morgan fingerprint density at radius 1 is 1.04 bits per heavy atom. The normalized spacial score (nSPS) is 10.7. The molecule has 1 heterocycles. The Kier molecular flexibility index (Phi) is 4.76. The highest BCUT2D eigenvalue weighted by Gasteiger charge is 2.18. The van der Waals surface area contributed by atoms with Gasteiger partial charge in [-0.05, 0) is 24.3 Å². The number of nitrogens with zero attached hydrogens (tertiary/aromatic N) is 2. The number of rotatable bonds is 4. The van der Waals surface area contributed by atoms with E-state index >= 15 is 0 Å². The zero-order chi connectivity index (χ0) is 18.0. The van der Waals surface area contributed by atoms with Crippen molar-refractivity contribution in [1.29, 1.82) is 0 Å². The molecule has 0 fully saturated rings. The lowest BCUT2D eigenvalue weighted by Crippen LogP contribution is -2.16. The first-order valence-electron chi connectivity index (χ1n) is 7.17. The molecule has 3 rings (SSSR count). The molecular formula is C17H11ClF3N3O. The average molecular weight is 366 g/mol. The van der Waals surface area contributed by atoms with E-state index in [2.05, 4.69) is 10.4 Å². The number of halogens is 4. The maximum Gasteiger partial charge on any atom is 0.262 e. The van der Waals surface area contributed by atoms with Crippen LogP contribution >= 0.6 is 11.6 Å². The first-order chi connectivity index (χ1) is 12.0. The van der Waals surface area contributed by atoms with Gasteiger partial charge < -0.3 is 5.32 Å². The van der Waals surface area contributed by atoms with Crippen LogP contribution < -0.4 is 5.32 Å². The number of carbonyl (C=O) groups excluding carboxylic acids is 1. The minimum atomic E-state index is -0.977. The van der Waals surface area contributed by atoms with Crippen molar-refractivity contribution in [3.05, 3.63) is 82.3 Å². The predicted octanol–water partition coefficient (Wildman–Crippen LogP) is 4.25. The Morgan fingerprint density at radius 3 is 2.36 bits per heavy atom. The van der Waals surface area contributed by atoms with E-state index in [0.717, 1.165) is 18.2 Å². The van der Waals surface area contributed by atoms with Crippen molar-refractivity contribution in [2.24, 2.45) is 0 Å². The van der Waals surface area contributed by atoms with Crippen molar-refractivity contribution in [2.45, 2.75) is 6.54 Å². The standard InChI is InChI=1S/C17H11ClF3N3O/c18-11-3-1-4-12(19)10(11)9-24-8-7-15(23-24)22-17(25)16-13(20)5-2-6-14(16)21/h1-8H,9H2,(H,22,23,25). The first-order valence-corrected chi connectivity index (χ1v) is 7.55. The Morgan fingerprint density at radius 2 is 1.68 bits per heavy atom. The van der Waals surface area contributed by atoms with E-state index in [-0.39, 0.29) is 22.9 Å². The van der Waals surface area contributed by atoms with Crippen LogP contribution in [0, 0.1) is 17.5 Å². The van der Waals surface area contributed by atoms with Gasteiger partial charge in [-0.25, -0.2) is 13.2 Å². The monoisotopic (exact) mass is 365 g/mol. The van der Waals surface area contributed by atoms with Gasteiger partial charge in [-0.3, -0.25) is 9.48 Å². The van der Waals surface area contributed by atoms with Crippen LogP contribution in [0.3, 0.4) is 0 Å². The predicted molar refractivity (Wildman–Crippen MR) is 87.1 cm³/mol. The van der Waals surface area contributed by atoms with Gasteiger partial charge in [-0.1, -0.05) is 23.7 Å². The van der Waals surface area contributed by atoms with E-state index in [0.29, 0.717) is 0 Å². The third-order valence-corrected chi connectivity index (χ3v) is 3.81. The van der Waals surface area contributed by atoms with Crippen LogP contribution in [-0.4, -0.2) is 15.7 Å². The number of hydrogen-bond donors (Lipinski definition) is 1.